The fourth-order valence-electron chi connectivity index (χ4n) is 1.60. The summed E-state index contributed by atoms with van der Waals surface area (Å²) in [6.07, 6.45) is 0. The zero-order valence-corrected chi connectivity index (χ0v) is 10.8. The number of aryl methyl sites for hydroxylation is 1. The van der Waals surface area contributed by atoms with Crippen LogP contribution in [-0.2, 0) is 17.8 Å². The van der Waals surface area contributed by atoms with Crippen LogP contribution in [0.2, 0.25) is 0 Å². The molecule has 0 bridgehead atoms. The smallest absolute Gasteiger partial charge is 0.337 e. The Bertz CT molecular complexity index is 549. The van der Waals surface area contributed by atoms with Crippen molar-refractivity contribution in [1.82, 2.24) is 15.5 Å². The number of hydrogen-bond donors (Lipinski definition) is 1. The third kappa shape index (κ3) is 3.62. The molecule has 0 unspecified atom stereocenters. The van der Waals surface area contributed by atoms with Gasteiger partial charge in [-0.2, -0.15) is 4.98 Å². The first-order valence-corrected chi connectivity index (χ1v) is 5.86. The first-order valence-electron chi connectivity index (χ1n) is 5.86. The molecule has 0 aliphatic carbocycles. The van der Waals surface area contributed by atoms with Crippen molar-refractivity contribution >= 4 is 5.97 Å². The van der Waals surface area contributed by atoms with Crippen molar-refractivity contribution < 1.29 is 14.1 Å². The Morgan fingerprint density at radius 3 is 2.63 bits per heavy atom. The number of carbonyl (C=O) groups excluding carboxylic acids is 1. The van der Waals surface area contributed by atoms with E-state index in [0.29, 0.717) is 30.4 Å². The Labute approximate surface area is 110 Å². The van der Waals surface area contributed by atoms with Gasteiger partial charge in [0.1, 0.15) is 0 Å². The molecule has 1 N–H and O–H groups in total. The molecule has 0 spiro atoms. The predicted octanol–water partition coefficient (Wildman–Crippen LogP) is 1.45. The molecule has 19 heavy (non-hydrogen) atoms. The predicted molar refractivity (Wildman–Crippen MR) is 67.4 cm³/mol. The van der Waals surface area contributed by atoms with E-state index in [1.54, 1.807) is 19.1 Å². The van der Waals surface area contributed by atoms with Crippen LogP contribution in [0.1, 0.15) is 27.6 Å². The van der Waals surface area contributed by atoms with Crippen LogP contribution in [0.15, 0.2) is 28.8 Å². The zero-order valence-electron chi connectivity index (χ0n) is 10.8. The van der Waals surface area contributed by atoms with Crippen molar-refractivity contribution in [3.63, 3.8) is 0 Å². The molecule has 1 heterocycles. The van der Waals surface area contributed by atoms with Gasteiger partial charge in [-0.1, -0.05) is 17.3 Å². The molecular formula is C13H15N3O3. The van der Waals surface area contributed by atoms with Gasteiger partial charge in [0.05, 0.1) is 19.2 Å². The van der Waals surface area contributed by atoms with E-state index in [1.807, 2.05) is 12.1 Å². The molecule has 0 atom stereocenters. The summed E-state index contributed by atoms with van der Waals surface area (Å²) in [5, 5.41) is 6.89. The average Bonchev–Trinajstić information content (AvgIpc) is 2.84. The van der Waals surface area contributed by atoms with Crippen LogP contribution in [0.3, 0.4) is 0 Å². The van der Waals surface area contributed by atoms with E-state index in [-0.39, 0.29) is 5.97 Å². The van der Waals surface area contributed by atoms with Crippen molar-refractivity contribution in [2.24, 2.45) is 0 Å². The highest BCUT2D eigenvalue weighted by Crippen LogP contribution is 2.06. The normalized spacial score (nSPS) is 10.4. The highest BCUT2D eigenvalue weighted by molar-refractivity contribution is 5.89. The summed E-state index contributed by atoms with van der Waals surface area (Å²) < 4.78 is 9.62. The second-order valence-electron chi connectivity index (χ2n) is 4.03. The highest BCUT2D eigenvalue weighted by Gasteiger charge is 2.05. The SMILES string of the molecule is COC(=O)c1ccc(CNCc2nc(C)no2)cc1. The van der Waals surface area contributed by atoms with E-state index < -0.39 is 0 Å². The van der Waals surface area contributed by atoms with Crippen LogP contribution in [0.5, 0.6) is 0 Å². The second-order valence-corrected chi connectivity index (χ2v) is 4.03. The third-order valence-electron chi connectivity index (χ3n) is 2.55. The number of esters is 1. The molecule has 0 saturated heterocycles. The number of carbonyl (C=O) groups is 1. The van der Waals surface area contributed by atoms with E-state index in [9.17, 15) is 4.79 Å². The molecule has 0 saturated carbocycles. The van der Waals surface area contributed by atoms with E-state index >= 15 is 0 Å². The van der Waals surface area contributed by atoms with Gasteiger partial charge in [0.25, 0.3) is 0 Å². The van der Waals surface area contributed by atoms with Crippen molar-refractivity contribution in [2.75, 3.05) is 7.11 Å². The molecule has 100 valence electrons. The Morgan fingerprint density at radius 1 is 1.32 bits per heavy atom. The molecule has 1 aromatic heterocycles. The molecule has 6 nitrogen and oxygen atoms in total. The van der Waals surface area contributed by atoms with Gasteiger partial charge >= 0.3 is 5.97 Å². The van der Waals surface area contributed by atoms with E-state index in [4.69, 9.17) is 4.52 Å². The number of nitrogens with zero attached hydrogens (tertiary/aromatic N) is 2. The summed E-state index contributed by atoms with van der Waals surface area (Å²) in [6, 6.07) is 7.22. The monoisotopic (exact) mass is 261 g/mol. The zero-order chi connectivity index (χ0) is 13.7. The minimum Gasteiger partial charge on any atom is -0.465 e. The summed E-state index contributed by atoms with van der Waals surface area (Å²) in [6.45, 7) is 2.95. The van der Waals surface area contributed by atoms with Gasteiger partial charge in [0.15, 0.2) is 5.82 Å². The largest absolute Gasteiger partial charge is 0.465 e. The fraction of sp³-hybridized carbons (Fsp3) is 0.308. The van der Waals surface area contributed by atoms with E-state index in [1.165, 1.54) is 7.11 Å². The summed E-state index contributed by atoms with van der Waals surface area (Å²) in [5.41, 5.74) is 1.60. The molecule has 0 fully saturated rings. The van der Waals surface area contributed by atoms with Gasteiger partial charge in [-0.3, -0.25) is 0 Å². The molecule has 2 aromatic rings. The van der Waals surface area contributed by atoms with Crippen LogP contribution in [0, 0.1) is 6.92 Å². The minimum absolute atomic E-state index is 0.333. The summed E-state index contributed by atoms with van der Waals surface area (Å²) in [4.78, 5) is 15.3. The average molecular weight is 261 g/mol. The van der Waals surface area contributed by atoms with Crippen LogP contribution in [0.25, 0.3) is 0 Å². The Kier molecular flexibility index (Phi) is 4.25. The number of methoxy groups -OCH3 is 1. The lowest BCUT2D eigenvalue weighted by molar-refractivity contribution is 0.0600. The standard InChI is InChI=1S/C13H15N3O3/c1-9-15-12(19-16-9)8-14-7-10-3-5-11(6-4-10)13(17)18-2/h3-6,14H,7-8H2,1-2H3. The Morgan fingerprint density at radius 2 is 2.05 bits per heavy atom. The molecule has 2 rings (SSSR count). The quantitative estimate of drug-likeness (QED) is 0.821. The number of hydrogen-bond acceptors (Lipinski definition) is 6. The molecule has 0 aliphatic rings. The summed E-state index contributed by atoms with van der Waals surface area (Å²) in [7, 11) is 1.37. The number of ether oxygens (including phenoxy) is 1. The second kappa shape index (κ2) is 6.10. The van der Waals surface area contributed by atoms with Crippen LogP contribution >= 0.6 is 0 Å². The van der Waals surface area contributed by atoms with Crippen LogP contribution in [-0.4, -0.2) is 23.2 Å². The Balaban J connectivity index is 1.84. The lowest BCUT2D eigenvalue weighted by atomic mass is 10.1. The summed E-state index contributed by atoms with van der Waals surface area (Å²) in [5.74, 6) is 0.851. The highest BCUT2D eigenvalue weighted by atomic mass is 16.5. The van der Waals surface area contributed by atoms with E-state index in [2.05, 4.69) is 20.2 Å². The number of benzene rings is 1. The number of rotatable bonds is 5. The van der Waals surface area contributed by atoms with E-state index in [0.717, 1.165) is 5.56 Å². The van der Waals surface area contributed by atoms with Crippen molar-refractivity contribution in [2.45, 2.75) is 20.0 Å². The van der Waals surface area contributed by atoms with Gasteiger partial charge in [-0.15, -0.1) is 0 Å². The van der Waals surface area contributed by atoms with Gasteiger partial charge in [0, 0.05) is 6.54 Å². The topological polar surface area (TPSA) is 77.2 Å². The molecule has 0 amide bonds. The van der Waals surface area contributed by atoms with Crippen molar-refractivity contribution in [1.29, 1.82) is 0 Å². The molecular weight excluding hydrogens is 246 g/mol. The first-order chi connectivity index (χ1) is 9.19. The van der Waals surface area contributed by atoms with Gasteiger partial charge in [0.2, 0.25) is 5.89 Å². The lowest BCUT2D eigenvalue weighted by Gasteiger charge is -2.03. The van der Waals surface area contributed by atoms with Crippen LogP contribution in [0.4, 0.5) is 0 Å². The van der Waals surface area contributed by atoms with Crippen molar-refractivity contribution in [3.8, 4) is 0 Å². The maximum absolute atomic E-state index is 11.3. The maximum Gasteiger partial charge on any atom is 0.337 e. The van der Waals surface area contributed by atoms with Gasteiger partial charge < -0.3 is 14.6 Å². The van der Waals surface area contributed by atoms with Gasteiger partial charge in [-0.25, -0.2) is 4.79 Å². The molecule has 0 aliphatic heterocycles. The van der Waals surface area contributed by atoms with Crippen molar-refractivity contribution in [3.05, 3.63) is 47.1 Å². The lowest BCUT2D eigenvalue weighted by Crippen LogP contribution is -2.13. The summed E-state index contributed by atoms with van der Waals surface area (Å²) >= 11 is 0. The Hall–Kier alpha value is -2.21. The maximum atomic E-state index is 11.3. The molecule has 0 radical (unpaired) electrons. The van der Waals surface area contributed by atoms with Gasteiger partial charge in [-0.05, 0) is 24.6 Å². The van der Waals surface area contributed by atoms with Crippen LogP contribution < -0.4 is 5.32 Å². The first kappa shape index (κ1) is 13.2. The minimum atomic E-state index is -0.333. The number of aromatic nitrogens is 2. The molecule has 1 aromatic carbocycles. The third-order valence-corrected chi connectivity index (χ3v) is 2.55. The fourth-order valence-corrected chi connectivity index (χ4v) is 1.60. The number of nitrogens with one attached hydrogen (secondary N) is 1. The molecule has 6 heteroatoms.